The number of carbonyl (C=O) groups excluding carboxylic acids is 1. The maximum Gasteiger partial charge on any atom is 0.222 e. The average Bonchev–Trinajstić information content (AvgIpc) is 3.09. The lowest BCUT2D eigenvalue weighted by molar-refractivity contribution is -0.129. The van der Waals surface area contributed by atoms with Gasteiger partial charge < -0.3 is 4.90 Å². The number of benzene rings is 1. The van der Waals surface area contributed by atoms with E-state index in [2.05, 4.69) is 59.3 Å². The lowest BCUT2D eigenvalue weighted by atomic mass is 9.86. The fourth-order valence-electron chi connectivity index (χ4n) is 4.63. The zero-order valence-electron chi connectivity index (χ0n) is 17.3. The maximum absolute atomic E-state index is 12.2. The Morgan fingerprint density at radius 3 is 2.75 bits per heavy atom. The van der Waals surface area contributed by atoms with E-state index in [1.54, 1.807) is 0 Å². The zero-order valence-corrected chi connectivity index (χ0v) is 17.3. The predicted molar refractivity (Wildman–Crippen MR) is 110 cm³/mol. The zero-order chi connectivity index (χ0) is 19.7. The Hall–Kier alpha value is -2.18. The number of nitrogens with zero attached hydrogens (tertiary/aromatic N) is 5. The molecule has 0 unspecified atom stereocenters. The minimum atomic E-state index is 0.102. The third kappa shape index (κ3) is 3.71. The topological polar surface area (TPSA) is 44.6 Å². The molecule has 0 N–H and O–H groups in total. The molecule has 2 saturated heterocycles. The van der Waals surface area contributed by atoms with Crippen LogP contribution in [0.25, 0.3) is 5.69 Å². The quantitative estimate of drug-likeness (QED) is 0.818. The number of likely N-dealkylation sites (tertiary alicyclic amines) is 1. The summed E-state index contributed by atoms with van der Waals surface area (Å²) in [5.74, 6) is 0.280. The van der Waals surface area contributed by atoms with Gasteiger partial charge in [-0.3, -0.25) is 14.6 Å². The number of rotatable bonds is 3. The standard InChI is InChI=1S/C22H31N5O/c1-18-6-4-5-7-20(18)27-16-19(14-23-27)15-26-13-12-25(3)22(17-26)9-8-21(28)24(2)11-10-22/h4-7,14,16H,8-13,15,17H2,1-3H3/t22-/m0/s1. The van der Waals surface area contributed by atoms with E-state index in [4.69, 9.17) is 0 Å². The van der Waals surface area contributed by atoms with Crippen LogP contribution in [0.5, 0.6) is 0 Å². The van der Waals surface area contributed by atoms with Crippen LogP contribution in [-0.2, 0) is 11.3 Å². The van der Waals surface area contributed by atoms with E-state index in [1.165, 1.54) is 11.1 Å². The molecule has 0 radical (unpaired) electrons. The number of likely N-dealkylation sites (N-methyl/N-ethyl adjacent to an activating group) is 1. The number of piperazine rings is 1. The monoisotopic (exact) mass is 381 g/mol. The minimum absolute atomic E-state index is 0.102. The molecule has 2 aliphatic rings. The molecule has 3 heterocycles. The Balaban J connectivity index is 1.47. The van der Waals surface area contributed by atoms with E-state index in [-0.39, 0.29) is 11.4 Å². The maximum atomic E-state index is 12.2. The number of hydrogen-bond acceptors (Lipinski definition) is 4. The van der Waals surface area contributed by atoms with Crippen molar-refractivity contribution in [3.63, 3.8) is 0 Å². The van der Waals surface area contributed by atoms with Gasteiger partial charge in [-0.25, -0.2) is 4.68 Å². The highest BCUT2D eigenvalue weighted by molar-refractivity contribution is 5.76. The van der Waals surface area contributed by atoms with Gasteiger partial charge in [0, 0.05) is 63.5 Å². The van der Waals surface area contributed by atoms with Gasteiger partial charge in [-0.2, -0.15) is 5.10 Å². The van der Waals surface area contributed by atoms with Gasteiger partial charge in [-0.1, -0.05) is 18.2 Å². The highest BCUT2D eigenvalue weighted by Crippen LogP contribution is 2.32. The molecule has 2 aromatic rings. The molecule has 28 heavy (non-hydrogen) atoms. The van der Waals surface area contributed by atoms with Gasteiger partial charge in [0.1, 0.15) is 0 Å². The Kier molecular flexibility index (Phi) is 5.25. The first-order chi connectivity index (χ1) is 13.5. The smallest absolute Gasteiger partial charge is 0.222 e. The predicted octanol–water partition coefficient (Wildman–Crippen LogP) is 2.31. The molecule has 1 atom stereocenters. The molecule has 0 bridgehead atoms. The third-order valence-corrected chi connectivity index (χ3v) is 6.63. The van der Waals surface area contributed by atoms with Crippen molar-refractivity contribution in [1.29, 1.82) is 0 Å². The summed E-state index contributed by atoms with van der Waals surface area (Å²) in [5, 5.41) is 4.59. The molecule has 6 heteroatoms. The molecular weight excluding hydrogens is 350 g/mol. The summed E-state index contributed by atoms with van der Waals surface area (Å²) in [5.41, 5.74) is 3.70. The van der Waals surface area contributed by atoms with E-state index in [0.717, 1.165) is 51.3 Å². The van der Waals surface area contributed by atoms with Crippen LogP contribution >= 0.6 is 0 Å². The van der Waals surface area contributed by atoms with E-state index in [0.29, 0.717) is 6.42 Å². The van der Waals surface area contributed by atoms with Crippen LogP contribution in [0.15, 0.2) is 36.7 Å². The Morgan fingerprint density at radius 2 is 1.93 bits per heavy atom. The Labute approximate surface area is 167 Å². The van der Waals surface area contributed by atoms with E-state index < -0.39 is 0 Å². The molecule has 1 amide bonds. The van der Waals surface area contributed by atoms with E-state index >= 15 is 0 Å². The second kappa shape index (κ2) is 7.68. The summed E-state index contributed by atoms with van der Waals surface area (Å²) in [7, 11) is 4.16. The van der Waals surface area contributed by atoms with Crippen molar-refractivity contribution < 1.29 is 4.79 Å². The average molecular weight is 382 g/mol. The van der Waals surface area contributed by atoms with Crippen LogP contribution in [0.1, 0.15) is 30.4 Å². The summed E-state index contributed by atoms with van der Waals surface area (Å²) >= 11 is 0. The van der Waals surface area contributed by atoms with Crippen molar-refractivity contribution in [2.75, 3.05) is 40.3 Å². The third-order valence-electron chi connectivity index (χ3n) is 6.63. The number of para-hydroxylation sites is 1. The molecule has 2 aliphatic heterocycles. The van der Waals surface area contributed by atoms with Gasteiger partial charge in [0.2, 0.25) is 5.91 Å². The van der Waals surface area contributed by atoms with Crippen LogP contribution in [-0.4, -0.2) is 76.2 Å². The van der Waals surface area contributed by atoms with Gasteiger partial charge in [0.25, 0.3) is 0 Å². The minimum Gasteiger partial charge on any atom is -0.346 e. The lowest BCUT2D eigenvalue weighted by Gasteiger charge is -2.49. The van der Waals surface area contributed by atoms with Gasteiger partial charge in [-0.05, 0) is 38.4 Å². The van der Waals surface area contributed by atoms with Gasteiger partial charge >= 0.3 is 0 Å². The van der Waals surface area contributed by atoms with Crippen LogP contribution in [0.2, 0.25) is 0 Å². The molecule has 1 aromatic heterocycles. The fraction of sp³-hybridized carbons (Fsp3) is 0.545. The molecule has 0 saturated carbocycles. The molecule has 150 valence electrons. The summed E-state index contributed by atoms with van der Waals surface area (Å²) in [6.45, 7) is 6.99. The van der Waals surface area contributed by atoms with E-state index in [9.17, 15) is 4.79 Å². The summed E-state index contributed by atoms with van der Waals surface area (Å²) in [6.07, 6.45) is 6.79. The molecule has 4 rings (SSSR count). The van der Waals surface area contributed by atoms with Crippen molar-refractivity contribution >= 4 is 5.91 Å². The number of hydrogen-bond donors (Lipinski definition) is 0. The fourth-order valence-corrected chi connectivity index (χ4v) is 4.63. The molecule has 1 aromatic carbocycles. The highest BCUT2D eigenvalue weighted by Gasteiger charge is 2.41. The largest absolute Gasteiger partial charge is 0.346 e. The number of aryl methyl sites for hydroxylation is 1. The first-order valence-electron chi connectivity index (χ1n) is 10.2. The molecular formula is C22H31N5O. The lowest BCUT2D eigenvalue weighted by Crippen LogP contribution is -2.60. The van der Waals surface area contributed by atoms with Crippen LogP contribution < -0.4 is 0 Å². The van der Waals surface area contributed by atoms with Crippen LogP contribution in [0.3, 0.4) is 0 Å². The van der Waals surface area contributed by atoms with Gasteiger partial charge in [0.05, 0.1) is 11.9 Å². The Bertz CT molecular complexity index is 847. The number of aromatic nitrogens is 2. The first kappa shape index (κ1) is 19.2. The Morgan fingerprint density at radius 1 is 1.11 bits per heavy atom. The normalized spacial score (nSPS) is 24.7. The van der Waals surface area contributed by atoms with Crippen molar-refractivity contribution in [2.24, 2.45) is 0 Å². The second-order valence-electron chi connectivity index (χ2n) is 8.50. The van der Waals surface area contributed by atoms with Crippen LogP contribution in [0, 0.1) is 6.92 Å². The van der Waals surface area contributed by atoms with Gasteiger partial charge in [0.15, 0.2) is 0 Å². The van der Waals surface area contributed by atoms with E-state index in [1.807, 2.05) is 22.8 Å². The van der Waals surface area contributed by atoms with Crippen molar-refractivity contribution in [2.45, 2.75) is 38.3 Å². The molecule has 2 fully saturated rings. The number of amides is 1. The van der Waals surface area contributed by atoms with Crippen molar-refractivity contribution in [1.82, 2.24) is 24.5 Å². The van der Waals surface area contributed by atoms with Crippen LogP contribution in [0.4, 0.5) is 0 Å². The SMILES string of the molecule is Cc1ccccc1-n1cc(CN2CCN(C)[C@]3(CCC(=O)N(C)CC3)C2)cn1. The number of carbonyl (C=O) groups is 1. The molecule has 0 aliphatic carbocycles. The summed E-state index contributed by atoms with van der Waals surface area (Å²) in [4.78, 5) is 19.1. The molecule has 6 nitrogen and oxygen atoms in total. The second-order valence-corrected chi connectivity index (χ2v) is 8.50. The molecule has 1 spiro atoms. The van der Waals surface area contributed by atoms with Crippen molar-refractivity contribution in [3.05, 3.63) is 47.8 Å². The summed E-state index contributed by atoms with van der Waals surface area (Å²) < 4.78 is 1.98. The summed E-state index contributed by atoms with van der Waals surface area (Å²) in [6, 6.07) is 8.33. The highest BCUT2D eigenvalue weighted by atomic mass is 16.2. The van der Waals surface area contributed by atoms with Crippen molar-refractivity contribution in [3.8, 4) is 5.69 Å². The first-order valence-corrected chi connectivity index (χ1v) is 10.2. The van der Waals surface area contributed by atoms with Gasteiger partial charge in [-0.15, -0.1) is 0 Å².